The van der Waals surface area contributed by atoms with Crippen LogP contribution in [0.4, 0.5) is 0 Å². The van der Waals surface area contributed by atoms with E-state index in [1.807, 2.05) is 0 Å². The minimum atomic E-state index is -0.0303. The Labute approximate surface area is 195 Å². The summed E-state index contributed by atoms with van der Waals surface area (Å²) >= 11 is 0. The predicted octanol–water partition coefficient (Wildman–Crippen LogP) is 9.33. The Morgan fingerprint density at radius 3 is 1.50 bits per heavy atom. The summed E-state index contributed by atoms with van der Waals surface area (Å²) in [5, 5.41) is 0. The highest BCUT2D eigenvalue weighted by Crippen LogP contribution is 2.44. The Hall–Kier alpha value is -3.12. The zero-order valence-electron chi connectivity index (χ0n) is 20.4. The average Bonchev–Trinajstić information content (AvgIpc) is 2.76. The third-order valence-corrected chi connectivity index (χ3v) is 5.57. The molecule has 164 valence electrons. The molecular weight excluding hydrogens is 384 g/mol. The number of hydrogen-bond acceptors (Lipinski definition) is 0. The molecule has 0 aliphatic rings. The van der Waals surface area contributed by atoms with Crippen LogP contribution < -0.4 is 0 Å². The maximum atomic E-state index is 2.37. The number of allylic oxidation sites excluding steroid dienone is 4. The van der Waals surface area contributed by atoms with Gasteiger partial charge in [0.25, 0.3) is 0 Å². The van der Waals surface area contributed by atoms with Crippen LogP contribution >= 0.6 is 0 Å². The van der Waals surface area contributed by atoms with E-state index in [0.717, 1.165) is 0 Å². The van der Waals surface area contributed by atoms with Crippen molar-refractivity contribution in [3.05, 3.63) is 125 Å². The van der Waals surface area contributed by atoms with Crippen molar-refractivity contribution in [1.82, 2.24) is 0 Å². The molecule has 0 aromatic heterocycles. The van der Waals surface area contributed by atoms with Gasteiger partial charge in [0.15, 0.2) is 0 Å². The molecule has 0 heterocycles. The Bertz CT molecular complexity index is 1080. The molecule has 0 bridgehead atoms. The van der Waals surface area contributed by atoms with Gasteiger partial charge in [-0.15, -0.1) is 0 Å². The van der Waals surface area contributed by atoms with E-state index < -0.39 is 0 Å². The molecule has 0 atom stereocenters. The van der Waals surface area contributed by atoms with Crippen molar-refractivity contribution in [1.29, 1.82) is 0 Å². The Kier molecular flexibility index (Phi) is 7.36. The molecule has 0 N–H and O–H groups in total. The van der Waals surface area contributed by atoms with E-state index in [1.54, 1.807) is 0 Å². The second-order valence-corrected chi connectivity index (χ2v) is 10.4. The Morgan fingerprint density at radius 1 is 0.562 bits per heavy atom. The summed E-state index contributed by atoms with van der Waals surface area (Å²) in [4.78, 5) is 0. The van der Waals surface area contributed by atoms with Crippen LogP contribution in [-0.2, 0) is 0 Å². The van der Waals surface area contributed by atoms with E-state index >= 15 is 0 Å². The first-order valence-electron chi connectivity index (χ1n) is 11.5. The molecule has 3 aromatic rings. The quantitative estimate of drug-likeness (QED) is 0.361. The van der Waals surface area contributed by atoms with Crippen molar-refractivity contribution < 1.29 is 0 Å². The summed E-state index contributed by atoms with van der Waals surface area (Å²) in [5.74, 6) is 0. The van der Waals surface area contributed by atoms with Gasteiger partial charge in [-0.25, -0.2) is 0 Å². The molecule has 0 aliphatic carbocycles. The third-order valence-electron chi connectivity index (χ3n) is 5.57. The summed E-state index contributed by atoms with van der Waals surface area (Å²) < 4.78 is 0. The molecule has 0 amide bonds. The monoisotopic (exact) mass is 420 g/mol. The molecule has 3 rings (SSSR count). The molecule has 0 radical (unpaired) electrons. The van der Waals surface area contributed by atoms with Gasteiger partial charge in [-0.05, 0) is 44.2 Å². The lowest BCUT2D eigenvalue weighted by atomic mass is 9.72. The Morgan fingerprint density at radius 2 is 1.03 bits per heavy atom. The molecule has 0 saturated heterocycles. The van der Waals surface area contributed by atoms with Gasteiger partial charge in [-0.3, -0.25) is 0 Å². The highest BCUT2D eigenvalue weighted by Gasteiger charge is 2.28. The van der Waals surface area contributed by atoms with E-state index in [9.17, 15) is 0 Å². The first-order chi connectivity index (χ1) is 15.2. The molecule has 0 heteroatoms. The van der Waals surface area contributed by atoms with Crippen LogP contribution in [0.3, 0.4) is 0 Å². The first-order valence-corrected chi connectivity index (χ1v) is 11.5. The van der Waals surface area contributed by atoms with Crippen LogP contribution in [0.5, 0.6) is 0 Å². The molecule has 0 spiro atoms. The zero-order valence-corrected chi connectivity index (χ0v) is 20.4. The van der Waals surface area contributed by atoms with Crippen molar-refractivity contribution in [3.8, 4) is 0 Å². The zero-order chi connectivity index (χ0) is 23.2. The summed E-state index contributed by atoms with van der Waals surface area (Å²) in [7, 11) is 0. The lowest BCUT2D eigenvalue weighted by molar-refractivity contribution is 0.505. The number of hydrogen-bond donors (Lipinski definition) is 0. The molecule has 32 heavy (non-hydrogen) atoms. The van der Waals surface area contributed by atoms with Crippen LogP contribution in [0.25, 0.3) is 17.7 Å². The van der Waals surface area contributed by atoms with Crippen LogP contribution in [0.15, 0.2) is 108 Å². The van der Waals surface area contributed by atoms with Gasteiger partial charge >= 0.3 is 0 Å². The van der Waals surface area contributed by atoms with Crippen LogP contribution in [-0.4, -0.2) is 0 Å². The first kappa shape index (κ1) is 23.5. The third kappa shape index (κ3) is 6.20. The second kappa shape index (κ2) is 10.0. The number of benzene rings is 3. The van der Waals surface area contributed by atoms with Gasteiger partial charge in [0.1, 0.15) is 0 Å². The van der Waals surface area contributed by atoms with Gasteiger partial charge in [-0.2, -0.15) is 0 Å². The van der Waals surface area contributed by atoms with E-state index in [2.05, 4.69) is 151 Å². The van der Waals surface area contributed by atoms with Crippen molar-refractivity contribution in [3.63, 3.8) is 0 Å². The topological polar surface area (TPSA) is 0 Å². The van der Waals surface area contributed by atoms with E-state index in [0.29, 0.717) is 0 Å². The maximum absolute atomic E-state index is 2.37. The molecule has 0 unspecified atom stereocenters. The number of rotatable bonds is 5. The van der Waals surface area contributed by atoms with Gasteiger partial charge in [0.05, 0.1) is 0 Å². The highest BCUT2D eigenvalue weighted by atomic mass is 14.3. The Balaban J connectivity index is 2.34. The molecule has 0 nitrogen and oxygen atoms in total. The molecule has 0 saturated carbocycles. The van der Waals surface area contributed by atoms with Crippen molar-refractivity contribution in [2.75, 3.05) is 0 Å². The fourth-order valence-corrected chi connectivity index (χ4v) is 3.89. The van der Waals surface area contributed by atoms with Gasteiger partial charge in [0, 0.05) is 0 Å². The molecule has 3 aromatic carbocycles. The summed E-state index contributed by atoms with van der Waals surface area (Å²) in [5.41, 5.74) is 7.64. The minimum absolute atomic E-state index is 0.0297. The normalized spacial score (nSPS) is 13.9. The van der Waals surface area contributed by atoms with Crippen molar-refractivity contribution in [2.45, 2.75) is 41.5 Å². The fourth-order valence-electron chi connectivity index (χ4n) is 3.89. The SMILES string of the molecule is CC(C)(C)C(=Cc1ccccc1)C(=C(C=Cc1ccccc1)C(C)(C)C)c1ccccc1. The smallest absolute Gasteiger partial charge is 0.0109 e. The summed E-state index contributed by atoms with van der Waals surface area (Å²) in [6.45, 7) is 13.9. The van der Waals surface area contributed by atoms with Crippen LogP contribution in [0, 0.1) is 10.8 Å². The average molecular weight is 421 g/mol. The van der Waals surface area contributed by atoms with Gasteiger partial charge in [0.2, 0.25) is 0 Å². The van der Waals surface area contributed by atoms with E-state index in [4.69, 9.17) is 0 Å². The van der Waals surface area contributed by atoms with Gasteiger partial charge < -0.3 is 0 Å². The van der Waals surface area contributed by atoms with Gasteiger partial charge in [-0.1, -0.05) is 151 Å². The van der Waals surface area contributed by atoms with E-state index in [-0.39, 0.29) is 10.8 Å². The lowest BCUT2D eigenvalue weighted by Gasteiger charge is -2.32. The minimum Gasteiger partial charge on any atom is -0.0622 e. The lowest BCUT2D eigenvalue weighted by Crippen LogP contribution is -2.17. The summed E-state index contributed by atoms with van der Waals surface area (Å²) in [6, 6.07) is 32.1. The predicted molar refractivity (Wildman–Crippen MR) is 142 cm³/mol. The molecule has 0 aliphatic heterocycles. The second-order valence-electron chi connectivity index (χ2n) is 10.4. The molecular formula is C32H36. The summed E-state index contributed by atoms with van der Waals surface area (Å²) in [6.07, 6.45) is 6.93. The highest BCUT2D eigenvalue weighted by molar-refractivity contribution is 5.90. The standard InChI is InChI=1S/C32H36/c1-31(2,3)28(23-22-25-16-10-7-11-17-25)30(27-20-14-9-15-21-27)29(32(4,5)6)24-26-18-12-8-13-19-26/h7-24H,1-6H3. The van der Waals surface area contributed by atoms with Crippen LogP contribution in [0.2, 0.25) is 0 Å². The largest absolute Gasteiger partial charge is 0.0622 e. The molecule has 0 fully saturated rings. The van der Waals surface area contributed by atoms with Crippen molar-refractivity contribution in [2.24, 2.45) is 10.8 Å². The van der Waals surface area contributed by atoms with Crippen LogP contribution in [0.1, 0.15) is 58.2 Å². The van der Waals surface area contributed by atoms with Crippen molar-refractivity contribution >= 4 is 17.7 Å². The fraction of sp³-hybridized carbons (Fsp3) is 0.250. The van der Waals surface area contributed by atoms with E-state index in [1.165, 1.54) is 33.4 Å². The maximum Gasteiger partial charge on any atom is -0.0109 e.